The number of nitrogens with zero attached hydrogens (tertiary/aromatic N) is 3. The summed E-state index contributed by atoms with van der Waals surface area (Å²) in [5, 5.41) is 8.99. The van der Waals surface area contributed by atoms with Crippen LogP contribution in [0.3, 0.4) is 0 Å². The number of carbonyl (C=O) groups excluding carboxylic acids is 1. The van der Waals surface area contributed by atoms with E-state index in [-0.39, 0.29) is 11.3 Å². The summed E-state index contributed by atoms with van der Waals surface area (Å²) < 4.78 is 4.65. The maximum atomic E-state index is 11.5. The normalized spacial score (nSPS) is 14.9. The number of esters is 1. The maximum absolute atomic E-state index is 11.5. The average molecular weight is 231 g/mol. The van der Waals surface area contributed by atoms with E-state index in [2.05, 4.69) is 14.6 Å². The van der Waals surface area contributed by atoms with Gasteiger partial charge in [-0.25, -0.2) is 9.78 Å². The Morgan fingerprint density at radius 3 is 3.06 bits per heavy atom. The number of pyridine rings is 1. The lowest BCUT2D eigenvalue weighted by atomic mass is 10.0. The molecule has 17 heavy (non-hydrogen) atoms. The van der Waals surface area contributed by atoms with E-state index in [4.69, 9.17) is 5.26 Å². The molecule has 0 saturated heterocycles. The van der Waals surface area contributed by atoms with Crippen molar-refractivity contribution in [2.24, 2.45) is 0 Å². The van der Waals surface area contributed by atoms with Crippen LogP contribution in [0.15, 0.2) is 6.07 Å². The van der Waals surface area contributed by atoms with E-state index in [0.29, 0.717) is 0 Å². The second kappa shape index (κ2) is 4.52. The number of aromatic nitrogens is 1. The molecule has 2 rings (SSSR count). The Hall–Kier alpha value is -1.93. The van der Waals surface area contributed by atoms with Crippen molar-refractivity contribution in [2.75, 3.05) is 20.7 Å². The number of carbonyl (C=O) groups is 1. The third-order valence-corrected chi connectivity index (χ3v) is 2.87. The van der Waals surface area contributed by atoms with Crippen LogP contribution in [0.25, 0.3) is 0 Å². The van der Waals surface area contributed by atoms with Crippen LogP contribution in [0.4, 0.5) is 0 Å². The summed E-state index contributed by atoms with van der Waals surface area (Å²) >= 11 is 0. The number of hydrogen-bond acceptors (Lipinski definition) is 5. The van der Waals surface area contributed by atoms with Crippen LogP contribution in [0.1, 0.15) is 27.3 Å². The fraction of sp³-hybridized carbons (Fsp3) is 0.417. The molecule has 1 aliphatic rings. The fourth-order valence-electron chi connectivity index (χ4n) is 1.96. The summed E-state index contributed by atoms with van der Waals surface area (Å²) in [4.78, 5) is 17.9. The summed E-state index contributed by atoms with van der Waals surface area (Å²) in [7, 11) is 3.31. The van der Waals surface area contributed by atoms with Gasteiger partial charge in [-0.3, -0.25) is 0 Å². The Bertz CT molecular complexity index is 505. The standard InChI is InChI=1S/C12H13N3O2/c1-15-4-3-10-8(7-15)5-9(12(16)17-2)11(6-13)14-10/h5H,3-4,7H2,1-2H3. The fourth-order valence-corrected chi connectivity index (χ4v) is 1.96. The first-order valence-electron chi connectivity index (χ1n) is 5.35. The first-order valence-corrected chi connectivity index (χ1v) is 5.35. The number of likely N-dealkylation sites (N-methyl/N-ethyl adjacent to an activating group) is 1. The molecule has 88 valence electrons. The van der Waals surface area contributed by atoms with E-state index >= 15 is 0 Å². The molecule has 5 heteroatoms. The molecule has 0 aliphatic carbocycles. The van der Waals surface area contributed by atoms with Gasteiger partial charge in [0.1, 0.15) is 6.07 Å². The molecule has 0 amide bonds. The SMILES string of the molecule is COC(=O)c1cc2c(nc1C#N)CCN(C)C2. The van der Waals surface area contributed by atoms with Crippen molar-refractivity contribution in [1.82, 2.24) is 9.88 Å². The summed E-state index contributed by atoms with van der Waals surface area (Å²) in [5.74, 6) is -0.509. The van der Waals surface area contributed by atoms with Crippen LogP contribution < -0.4 is 0 Å². The summed E-state index contributed by atoms with van der Waals surface area (Å²) in [6.45, 7) is 1.67. The number of methoxy groups -OCH3 is 1. The van der Waals surface area contributed by atoms with Gasteiger partial charge in [-0.2, -0.15) is 5.26 Å². The number of nitriles is 1. The molecule has 5 nitrogen and oxygen atoms in total. The molecule has 0 bridgehead atoms. The third-order valence-electron chi connectivity index (χ3n) is 2.87. The Labute approximate surface area is 99.6 Å². The molecule has 0 spiro atoms. The van der Waals surface area contributed by atoms with Gasteiger partial charge in [0.15, 0.2) is 5.69 Å². The van der Waals surface area contributed by atoms with Crippen molar-refractivity contribution in [3.05, 3.63) is 28.6 Å². The topological polar surface area (TPSA) is 66.2 Å². The molecular formula is C12H13N3O2. The second-order valence-corrected chi connectivity index (χ2v) is 4.08. The predicted octanol–water partition coefficient (Wildman–Crippen LogP) is 0.728. The van der Waals surface area contributed by atoms with Crippen LogP contribution in [0, 0.1) is 11.3 Å². The number of hydrogen-bond donors (Lipinski definition) is 0. The van der Waals surface area contributed by atoms with Crippen molar-refractivity contribution in [3.8, 4) is 6.07 Å². The quantitative estimate of drug-likeness (QED) is 0.666. The lowest BCUT2D eigenvalue weighted by molar-refractivity contribution is 0.0599. The Kier molecular flexibility index (Phi) is 3.07. The number of rotatable bonds is 1. The highest BCUT2D eigenvalue weighted by atomic mass is 16.5. The minimum Gasteiger partial charge on any atom is -0.465 e. The van der Waals surface area contributed by atoms with E-state index in [1.54, 1.807) is 6.07 Å². The molecule has 0 aromatic carbocycles. The molecule has 0 unspecified atom stereocenters. The first kappa shape index (κ1) is 11.6. The molecule has 0 atom stereocenters. The first-order chi connectivity index (χ1) is 8.15. The molecule has 0 N–H and O–H groups in total. The van der Waals surface area contributed by atoms with Crippen LogP contribution >= 0.6 is 0 Å². The van der Waals surface area contributed by atoms with Crippen LogP contribution in [-0.2, 0) is 17.7 Å². The highest BCUT2D eigenvalue weighted by Gasteiger charge is 2.21. The van der Waals surface area contributed by atoms with E-state index < -0.39 is 5.97 Å². The third kappa shape index (κ3) is 2.12. The molecule has 0 saturated carbocycles. The monoisotopic (exact) mass is 231 g/mol. The van der Waals surface area contributed by atoms with Crippen molar-refractivity contribution in [3.63, 3.8) is 0 Å². The summed E-state index contributed by atoms with van der Waals surface area (Å²) in [6, 6.07) is 3.67. The van der Waals surface area contributed by atoms with Gasteiger partial charge in [-0.1, -0.05) is 0 Å². The molecule has 2 heterocycles. The summed E-state index contributed by atoms with van der Waals surface area (Å²) in [5.41, 5.74) is 2.31. The van der Waals surface area contributed by atoms with Crippen LogP contribution in [0.2, 0.25) is 0 Å². The zero-order valence-electron chi connectivity index (χ0n) is 9.86. The summed E-state index contributed by atoms with van der Waals surface area (Å²) in [6.07, 6.45) is 0.808. The van der Waals surface area contributed by atoms with Gasteiger partial charge in [-0.15, -0.1) is 0 Å². The maximum Gasteiger partial charge on any atom is 0.340 e. The van der Waals surface area contributed by atoms with E-state index in [1.807, 2.05) is 13.1 Å². The number of fused-ring (bicyclic) bond motifs is 1. The van der Waals surface area contributed by atoms with E-state index in [1.165, 1.54) is 7.11 Å². The van der Waals surface area contributed by atoms with Crippen LogP contribution in [-0.4, -0.2) is 36.6 Å². The van der Waals surface area contributed by atoms with Gasteiger partial charge in [0, 0.05) is 25.2 Å². The van der Waals surface area contributed by atoms with Gasteiger partial charge < -0.3 is 9.64 Å². The van der Waals surface area contributed by atoms with E-state index in [9.17, 15) is 4.79 Å². The largest absolute Gasteiger partial charge is 0.465 e. The second-order valence-electron chi connectivity index (χ2n) is 4.08. The molecular weight excluding hydrogens is 218 g/mol. The molecule has 0 radical (unpaired) electrons. The molecule has 1 aliphatic heterocycles. The zero-order chi connectivity index (χ0) is 12.4. The van der Waals surface area contributed by atoms with Gasteiger partial charge >= 0.3 is 5.97 Å². The zero-order valence-corrected chi connectivity index (χ0v) is 9.86. The lowest BCUT2D eigenvalue weighted by Gasteiger charge is -2.24. The van der Waals surface area contributed by atoms with Crippen LogP contribution in [0.5, 0.6) is 0 Å². The minimum absolute atomic E-state index is 0.153. The Morgan fingerprint density at radius 1 is 1.65 bits per heavy atom. The van der Waals surface area contributed by atoms with Gasteiger partial charge in [0.05, 0.1) is 12.7 Å². The smallest absolute Gasteiger partial charge is 0.340 e. The predicted molar refractivity (Wildman–Crippen MR) is 60.3 cm³/mol. The average Bonchev–Trinajstić information content (AvgIpc) is 2.36. The van der Waals surface area contributed by atoms with Crippen molar-refractivity contribution < 1.29 is 9.53 Å². The molecule has 0 fully saturated rings. The van der Waals surface area contributed by atoms with Crippen molar-refractivity contribution in [2.45, 2.75) is 13.0 Å². The molecule has 1 aromatic rings. The van der Waals surface area contributed by atoms with Gasteiger partial charge in [0.2, 0.25) is 0 Å². The minimum atomic E-state index is -0.509. The highest BCUT2D eigenvalue weighted by molar-refractivity contribution is 5.91. The lowest BCUT2D eigenvalue weighted by Crippen LogP contribution is -2.28. The van der Waals surface area contributed by atoms with E-state index in [0.717, 1.165) is 30.8 Å². The van der Waals surface area contributed by atoms with Crippen molar-refractivity contribution in [1.29, 1.82) is 5.26 Å². The van der Waals surface area contributed by atoms with Crippen molar-refractivity contribution >= 4 is 5.97 Å². The number of ether oxygens (including phenoxy) is 1. The molecule has 1 aromatic heterocycles. The Morgan fingerprint density at radius 2 is 2.41 bits per heavy atom. The van der Waals surface area contributed by atoms with Gasteiger partial charge in [0.25, 0.3) is 0 Å². The highest BCUT2D eigenvalue weighted by Crippen LogP contribution is 2.20. The Balaban J connectivity index is 2.50. The van der Waals surface area contributed by atoms with Gasteiger partial charge in [-0.05, 0) is 18.7 Å².